The molecule has 1 unspecified atom stereocenters. The summed E-state index contributed by atoms with van der Waals surface area (Å²) in [7, 11) is 1.40. The lowest BCUT2D eigenvalue weighted by atomic mass is 9.96. The third-order valence-corrected chi connectivity index (χ3v) is 4.07. The largest absolute Gasteiger partial charge is 0.453 e. The molecule has 0 aromatic heterocycles. The lowest BCUT2D eigenvalue weighted by molar-refractivity contribution is 0.128. The van der Waals surface area contributed by atoms with Crippen LogP contribution in [0.15, 0.2) is 30.3 Å². The molecule has 0 bridgehead atoms. The molecule has 0 saturated carbocycles. The maximum atomic E-state index is 11.3. The zero-order chi connectivity index (χ0) is 14.4. The predicted octanol–water partition coefficient (Wildman–Crippen LogP) is 2.82. The smallest absolute Gasteiger partial charge is 0.406 e. The molecule has 1 aliphatic rings. The van der Waals surface area contributed by atoms with Crippen molar-refractivity contribution in [2.75, 3.05) is 26.7 Å². The van der Waals surface area contributed by atoms with Crippen LogP contribution in [0, 0.1) is 5.92 Å². The van der Waals surface area contributed by atoms with E-state index < -0.39 is 0 Å². The van der Waals surface area contributed by atoms with Gasteiger partial charge < -0.3 is 10.1 Å². The Morgan fingerprint density at radius 3 is 2.60 bits per heavy atom. The first-order valence-corrected chi connectivity index (χ1v) is 7.31. The number of likely N-dealkylation sites (tertiary alicyclic amines) is 1. The van der Waals surface area contributed by atoms with Crippen LogP contribution in [0.2, 0.25) is 0 Å². The van der Waals surface area contributed by atoms with Crippen molar-refractivity contribution in [3.8, 4) is 0 Å². The van der Waals surface area contributed by atoms with Crippen LogP contribution >= 0.6 is 0 Å². The molecule has 20 heavy (non-hydrogen) atoms. The number of rotatable bonds is 4. The monoisotopic (exact) mass is 276 g/mol. The maximum Gasteiger partial charge on any atom is 0.406 e. The molecule has 2 rings (SSSR count). The molecule has 1 atom stereocenters. The minimum absolute atomic E-state index is 0.225. The van der Waals surface area contributed by atoms with E-state index in [-0.39, 0.29) is 12.1 Å². The van der Waals surface area contributed by atoms with Gasteiger partial charge in [-0.3, -0.25) is 4.90 Å². The van der Waals surface area contributed by atoms with Crippen molar-refractivity contribution in [2.45, 2.75) is 25.8 Å². The molecule has 4 heteroatoms. The highest BCUT2D eigenvalue weighted by atomic mass is 16.5. The zero-order valence-corrected chi connectivity index (χ0v) is 12.3. The van der Waals surface area contributed by atoms with E-state index in [1.54, 1.807) is 0 Å². The lowest BCUT2D eigenvalue weighted by Crippen LogP contribution is -2.41. The van der Waals surface area contributed by atoms with Crippen LogP contribution in [0.1, 0.15) is 31.4 Å². The van der Waals surface area contributed by atoms with E-state index in [0.29, 0.717) is 6.54 Å². The Labute approximate surface area is 121 Å². The molecule has 0 radical (unpaired) electrons. The van der Waals surface area contributed by atoms with Crippen molar-refractivity contribution < 1.29 is 9.53 Å². The van der Waals surface area contributed by atoms with Gasteiger partial charge in [0.2, 0.25) is 0 Å². The molecular weight excluding hydrogens is 252 g/mol. The number of carbonyl (C=O) groups excluding carboxylic acids is 1. The molecule has 110 valence electrons. The Hall–Kier alpha value is -1.55. The van der Waals surface area contributed by atoms with Crippen molar-refractivity contribution in [2.24, 2.45) is 5.92 Å². The van der Waals surface area contributed by atoms with Crippen molar-refractivity contribution in [3.05, 3.63) is 35.9 Å². The van der Waals surface area contributed by atoms with Gasteiger partial charge in [-0.15, -0.1) is 0 Å². The molecule has 1 aromatic rings. The van der Waals surface area contributed by atoms with Gasteiger partial charge in [-0.1, -0.05) is 37.3 Å². The number of nitrogens with zero attached hydrogens (tertiary/aromatic N) is 1. The molecule has 1 amide bonds. The lowest BCUT2D eigenvalue weighted by Gasteiger charge is -2.37. The number of hydrogen-bond acceptors (Lipinski definition) is 3. The summed E-state index contributed by atoms with van der Waals surface area (Å²) in [6, 6.07) is 10.6. The average Bonchev–Trinajstić information content (AvgIpc) is 2.50. The number of ether oxygens (including phenoxy) is 1. The Morgan fingerprint density at radius 2 is 2.00 bits per heavy atom. The molecule has 1 N–H and O–H groups in total. The molecule has 4 nitrogen and oxygen atoms in total. The first-order chi connectivity index (χ1) is 9.70. The molecule has 0 spiro atoms. The Morgan fingerprint density at radius 1 is 1.35 bits per heavy atom. The van der Waals surface area contributed by atoms with Crippen molar-refractivity contribution in [1.82, 2.24) is 10.2 Å². The Balaban J connectivity index is 2.05. The SMILES string of the molecule is COC(=O)NCC(c1ccccc1)N1CCC(C)CC1. The average molecular weight is 276 g/mol. The Kier molecular flexibility index (Phi) is 5.41. The second kappa shape index (κ2) is 7.29. The van der Waals surface area contributed by atoms with Crippen LogP contribution in [0.25, 0.3) is 0 Å². The van der Waals surface area contributed by atoms with Gasteiger partial charge in [0.05, 0.1) is 13.2 Å². The Bertz CT molecular complexity index is 414. The highest BCUT2D eigenvalue weighted by molar-refractivity contribution is 5.66. The van der Waals surface area contributed by atoms with E-state index in [9.17, 15) is 4.79 Å². The summed E-state index contributed by atoms with van der Waals surface area (Å²) in [5.74, 6) is 0.802. The fourth-order valence-corrected chi connectivity index (χ4v) is 2.73. The van der Waals surface area contributed by atoms with Crippen molar-refractivity contribution >= 4 is 6.09 Å². The van der Waals surface area contributed by atoms with Gasteiger partial charge in [0.15, 0.2) is 0 Å². The van der Waals surface area contributed by atoms with Crippen LogP contribution in [-0.4, -0.2) is 37.7 Å². The molecule has 0 aliphatic carbocycles. The van der Waals surface area contributed by atoms with Crippen molar-refractivity contribution in [1.29, 1.82) is 0 Å². The van der Waals surface area contributed by atoms with E-state index in [1.165, 1.54) is 25.5 Å². The van der Waals surface area contributed by atoms with E-state index in [2.05, 4.69) is 34.0 Å². The fraction of sp³-hybridized carbons (Fsp3) is 0.562. The summed E-state index contributed by atoms with van der Waals surface area (Å²) >= 11 is 0. The van der Waals surface area contributed by atoms with Gasteiger partial charge in [0.25, 0.3) is 0 Å². The summed E-state index contributed by atoms with van der Waals surface area (Å²) < 4.78 is 4.67. The van der Waals surface area contributed by atoms with Crippen LogP contribution in [0.5, 0.6) is 0 Å². The van der Waals surface area contributed by atoms with Gasteiger partial charge in [-0.05, 0) is 37.4 Å². The van der Waals surface area contributed by atoms with E-state index in [0.717, 1.165) is 19.0 Å². The first kappa shape index (κ1) is 14.9. The maximum absolute atomic E-state index is 11.3. The highest BCUT2D eigenvalue weighted by Gasteiger charge is 2.24. The van der Waals surface area contributed by atoms with E-state index >= 15 is 0 Å². The number of nitrogens with one attached hydrogen (secondary N) is 1. The van der Waals surface area contributed by atoms with Crippen LogP contribution in [0.4, 0.5) is 4.79 Å². The summed E-state index contributed by atoms with van der Waals surface area (Å²) in [5.41, 5.74) is 1.25. The van der Waals surface area contributed by atoms with Crippen LogP contribution in [-0.2, 0) is 4.74 Å². The number of piperidine rings is 1. The summed E-state index contributed by atoms with van der Waals surface area (Å²) in [6.45, 7) is 5.07. The normalized spacial score (nSPS) is 18.5. The topological polar surface area (TPSA) is 41.6 Å². The van der Waals surface area contributed by atoms with Crippen LogP contribution in [0.3, 0.4) is 0 Å². The molecule has 1 saturated heterocycles. The number of amides is 1. The highest BCUT2D eigenvalue weighted by Crippen LogP contribution is 2.26. The minimum Gasteiger partial charge on any atom is -0.453 e. The standard InChI is InChI=1S/C16H24N2O2/c1-13-8-10-18(11-9-13)15(12-17-16(19)20-2)14-6-4-3-5-7-14/h3-7,13,15H,8-12H2,1-2H3,(H,17,19). The zero-order valence-electron chi connectivity index (χ0n) is 12.3. The van der Waals surface area contributed by atoms with E-state index in [4.69, 9.17) is 0 Å². The van der Waals surface area contributed by atoms with Gasteiger partial charge in [-0.25, -0.2) is 4.79 Å². The number of benzene rings is 1. The minimum atomic E-state index is -0.365. The molecule has 1 heterocycles. The second-order valence-electron chi connectivity index (χ2n) is 5.52. The van der Waals surface area contributed by atoms with E-state index in [1.807, 2.05) is 18.2 Å². The van der Waals surface area contributed by atoms with Gasteiger partial charge in [-0.2, -0.15) is 0 Å². The quantitative estimate of drug-likeness (QED) is 0.919. The number of methoxy groups -OCH3 is 1. The van der Waals surface area contributed by atoms with Gasteiger partial charge in [0, 0.05) is 6.54 Å². The summed E-state index contributed by atoms with van der Waals surface area (Å²) in [5, 5.41) is 2.84. The molecular formula is C16H24N2O2. The third-order valence-electron chi connectivity index (χ3n) is 4.07. The molecule has 1 aromatic carbocycles. The van der Waals surface area contributed by atoms with Crippen molar-refractivity contribution in [3.63, 3.8) is 0 Å². The van der Waals surface area contributed by atoms with Crippen LogP contribution < -0.4 is 5.32 Å². The molecule has 1 aliphatic heterocycles. The molecule has 1 fully saturated rings. The summed E-state index contributed by atoms with van der Waals surface area (Å²) in [4.78, 5) is 13.8. The predicted molar refractivity (Wildman–Crippen MR) is 79.6 cm³/mol. The summed E-state index contributed by atoms with van der Waals surface area (Å²) in [6.07, 6.45) is 2.08. The second-order valence-corrected chi connectivity index (χ2v) is 5.52. The number of alkyl carbamates (subject to hydrolysis) is 1. The third kappa shape index (κ3) is 3.97. The van der Waals surface area contributed by atoms with Gasteiger partial charge in [0.1, 0.15) is 0 Å². The van der Waals surface area contributed by atoms with Gasteiger partial charge >= 0.3 is 6.09 Å². The number of carbonyl (C=O) groups is 1. The fourth-order valence-electron chi connectivity index (χ4n) is 2.73. The number of hydrogen-bond donors (Lipinski definition) is 1. The first-order valence-electron chi connectivity index (χ1n) is 7.31.